The van der Waals surface area contributed by atoms with Crippen LogP contribution in [-0.2, 0) is 4.79 Å². The van der Waals surface area contributed by atoms with Crippen LogP contribution in [-0.4, -0.2) is 60.9 Å². The molecule has 1 aliphatic rings. The molecular formula is C17H25N3O3. The molecule has 0 radical (unpaired) electrons. The summed E-state index contributed by atoms with van der Waals surface area (Å²) in [5.74, 6) is 0.452. The molecule has 1 aliphatic heterocycles. The van der Waals surface area contributed by atoms with Crippen molar-refractivity contribution >= 4 is 11.8 Å². The molecule has 2 N–H and O–H groups in total. The molecule has 1 heterocycles. The average Bonchev–Trinajstić information content (AvgIpc) is 2.60. The van der Waals surface area contributed by atoms with E-state index < -0.39 is 0 Å². The maximum absolute atomic E-state index is 12.7. The van der Waals surface area contributed by atoms with Gasteiger partial charge >= 0.3 is 0 Å². The van der Waals surface area contributed by atoms with Crippen molar-refractivity contribution in [1.82, 2.24) is 9.80 Å². The molecule has 2 rings (SSSR count). The molecule has 1 saturated heterocycles. The molecule has 1 atom stereocenters. The molecule has 2 amide bonds. The summed E-state index contributed by atoms with van der Waals surface area (Å²) < 4.78 is 5.53. The summed E-state index contributed by atoms with van der Waals surface area (Å²) >= 11 is 0. The lowest BCUT2D eigenvalue weighted by molar-refractivity contribution is -0.136. The first-order valence-corrected chi connectivity index (χ1v) is 8.08. The Bertz CT molecular complexity index is 554. The third-order valence-corrected chi connectivity index (χ3v) is 4.07. The molecule has 23 heavy (non-hydrogen) atoms. The van der Waals surface area contributed by atoms with Crippen molar-refractivity contribution in [2.75, 3.05) is 39.3 Å². The van der Waals surface area contributed by atoms with E-state index in [1.54, 1.807) is 21.9 Å². The van der Waals surface area contributed by atoms with Crippen molar-refractivity contribution in [3.05, 3.63) is 29.8 Å². The van der Waals surface area contributed by atoms with Gasteiger partial charge in [0.15, 0.2) is 0 Å². The van der Waals surface area contributed by atoms with Crippen LogP contribution in [0.4, 0.5) is 0 Å². The third-order valence-electron chi connectivity index (χ3n) is 4.07. The lowest BCUT2D eigenvalue weighted by atomic mass is 10.1. The summed E-state index contributed by atoms with van der Waals surface area (Å²) in [6.45, 7) is 6.74. The highest BCUT2D eigenvalue weighted by Crippen LogP contribution is 2.21. The van der Waals surface area contributed by atoms with Crippen LogP contribution in [0.3, 0.4) is 0 Å². The largest absolute Gasteiger partial charge is 0.493 e. The fraction of sp³-hybridized carbons (Fsp3) is 0.529. The SMILES string of the molecule is CCOc1ccccc1C(=O)N1CCN(C(=O)C(C)CN)CC1. The first-order chi connectivity index (χ1) is 11.1. The Morgan fingerprint density at radius 3 is 2.39 bits per heavy atom. The Morgan fingerprint density at radius 1 is 1.17 bits per heavy atom. The van der Waals surface area contributed by atoms with E-state index in [1.165, 1.54) is 0 Å². The van der Waals surface area contributed by atoms with Gasteiger partial charge in [0.1, 0.15) is 5.75 Å². The second kappa shape index (κ2) is 7.97. The van der Waals surface area contributed by atoms with E-state index in [4.69, 9.17) is 10.5 Å². The summed E-state index contributed by atoms with van der Waals surface area (Å²) in [7, 11) is 0. The molecule has 1 unspecified atom stereocenters. The number of hydrogen-bond acceptors (Lipinski definition) is 4. The van der Waals surface area contributed by atoms with Gasteiger partial charge in [-0.3, -0.25) is 9.59 Å². The Kier molecular flexibility index (Phi) is 5.98. The Balaban J connectivity index is 2.00. The van der Waals surface area contributed by atoms with Crippen LogP contribution in [0.5, 0.6) is 5.75 Å². The Labute approximate surface area is 137 Å². The number of hydrogen-bond donors (Lipinski definition) is 1. The molecule has 1 aromatic carbocycles. The number of para-hydroxylation sites is 1. The summed E-state index contributed by atoms with van der Waals surface area (Å²) in [4.78, 5) is 28.4. The highest BCUT2D eigenvalue weighted by Gasteiger charge is 2.27. The van der Waals surface area contributed by atoms with Crippen molar-refractivity contribution in [3.8, 4) is 5.75 Å². The number of carbonyl (C=O) groups is 2. The normalized spacial score (nSPS) is 16.1. The van der Waals surface area contributed by atoms with E-state index >= 15 is 0 Å². The first-order valence-electron chi connectivity index (χ1n) is 8.08. The number of ether oxygens (including phenoxy) is 1. The van der Waals surface area contributed by atoms with Gasteiger partial charge in [0, 0.05) is 38.6 Å². The Hall–Kier alpha value is -2.08. The van der Waals surface area contributed by atoms with Gasteiger partial charge in [-0.25, -0.2) is 0 Å². The highest BCUT2D eigenvalue weighted by atomic mass is 16.5. The predicted molar refractivity (Wildman–Crippen MR) is 88.3 cm³/mol. The Morgan fingerprint density at radius 2 is 1.78 bits per heavy atom. The number of carbonyl (C=O) groups excluding carboxylic acids is 2. The molecule has 0 spiro atoms. The van der Waals surface area contributed by atoms with Crippen molar-refractivity contribution in [1.29, 1.82) is 0 Å². The van der Waals surface area contributed by atoms with Crippen molar-refractivity contribution in [2.45, 2.75) is 13.8 Å². The summed E-state index contributed by atoms with van der Waals surface area (Å²) in [5.41, 5.74) is 6.12. The summed E-state index contributed by atoms with van der Waals surface area (Å²) in [5, 5.41) is 0. The van der Waals surface area contributed by atoms with Gasteiger partial charge in [-0.05, 0) is 19.1 Å². The minimum absolute atomic E-state index is 0.0481. The van der Waals surface area contributed by atoms with Gasteiger partial charge in [-0.15, -0.1) is 0 Å². The molecule has 0 aliphatic carbocycles. The van der Waals surface area contributed by atoms with E-state index in [-0.39, 0.29) is 17.7 Å². The van der Waals surface area contributed by atoms with E-state index in [0.29, 0.717) is 50.6 Å². The van der Waals surface area contributed by atoms with Gasteiger partial charge in [-0.2, -0.15) is 0 Å². The summed E-state index contributed by atoms with van der Waals surface area (Å²) in [6.07, 6.45) is 0. The smallest absolute Gasteiger partial charge is 0.257 e. The molecule has 0 aromatic heterocycles. The van der Waals surface area contributed by atoms with Crippen LogP contribution < -0.4 is 10.5 Å². The molecule has 0 saturated carbocycles. The molecular weight excluding hydrogens is 294 g/mol. The van der Waals surface area contributed by atoms with Crippen molar-refractivity contribution in [3.63, 3.8) is 0 Å². The minimum atomic E-state index is -0.170. The van der Waals surface area contributed by atoms with Crippen LogP contribution in [0.2, 0.25) is 0 Å². The molecule has 6 heteroatoms. The van der Waals surface area contributed by atoms with E-state index in [1.807, 2.05) is 26.0 Å². The minimum Gasteiger partial charge on any atom is -0.493 e. The van der Waals surface area contributed by atoms with Crippen LogP contribution in [0.25, 0.3) is 0 Å². The highest BCUT2D eigenvalue weighted by molar-refractivity contribution is 5.97. The number of rotatable bonds is 5. The van der Waals surface area contributed by atoms with Crippen LogP contribution in [0, 0.1) is 5.92 Å². The lowest BCUT2D eigenvalue weighted by Gasteiger charge is -2.36. The fourth-order valence-electron chi connectivity index (χ4n) is 2.64. The zero-order valence-electron chi connectivity index (χ0n) is 13.8. The second-order valence-corrected chi connectivity index (χ2v) is 5.68. The number of nitrogens with two attached hydrogens (primary N) is 1. The second-order valence-electron chi connectivity index (χ2n) is 5.68. The predicted octanol–water partition coefficient (Wildman–Crippen LogP) is 0.965. The monoisotopic (exact) mass is 319 g/mol. The molecule has 126 valence electrons. The summed E-state index contributed by atoms with van der Waals surface area (Å²) in [6, 6.07) is 7.27. The van der Waals surface area contributed by atoms with Gasteiger partial charge in [0.05, 0.1) is 12.2 Å². The van der Waals surface area contributed by atoms with Gasteiger partial charge in [-0.1, -0.05) is 19.1 Å². The van der Waals surface area contributed by atoms with Crippen molar-refractivity contribution < 1.29 is 14.3 Å². The van der Waals surface area contributed by atoms with Crippen LogP contribution >= 0.6 is 0 Å². The van der Waals surface area contributed by atoms with Gasteiger partial charge in [0.2, 0.25) is 5.91 Å². The van der Waals surface area contributed by atoms with Crippen LogP contribution in [0.1, 0.15) is 24.2 Å². The zero-order chi connectivity index (χ0) is 16.8. The maximum atomic E-state index is 12.7. The number of piperazine rings is 1. The quantitative estimate of drug-likeness (QED) is 0.877. The van der Waals surface area contributed by atoms with Gasteiger partial charge in [0.25, 0.3) is 5.91 Å². The standard InChI is InChI=1S/C17H25N3O3/c1-3-23-15-7-5-4-6-14(15)17(22)20-10-8-19(9-11-20)16(21)13(2)12-18/h4-7,13H,3,8-12,18H2,1-2H3. The van der Waals surface area contributed by atoms with Crippen molar-refractivity contribution in [2.24, 2.45) is 11.7 Å². The maximum Gasteiger partial charge on any atom is 0.257 e. The van der Waals surface area contributed by atoms with E-state index in [2.05, 4.69) is 0 Å². The van der Waals surface area contributed by atoms with E-state index in [0.717, 1.165) is 0 Å². The fourth-order valence-corrected chi connectivity index (χ4v) is 2.64. The number of benzene rings is 1. The first kappa shape index (κ1) is 17.3. The van der Waals surface area contributed by atoms with E-state index in [9.17, 15) is 9.59 Å². The zero-order valence-corrected chi connectivity index (χ0v) is 13.8. The molecule has 1 aromatic rings. The number of nitrogens with zero attached hydrogens (tertiary/aromatic N) is 2. The average molecular weight is 319 g/mol. The lowest BCUT2D eigenvalue weighted by Crippen LogP contribution is -2.52. The number of amides is 2. The third kappa shape index (κ3) is 4.01. The molecule has 1 fully saturated rings. The molecule has 6 nitrogen and oxygen atoms in total. The topological polar surface area (TPSA) is 75.9 Å². The molecule has 0 bridgehead atoms. The van der Waals surface area contributed by atoms with Crippen LogP contribution in [0.15, 0.2) is 24.3 Å². The van der Waals surface area contributed by atoms with Gasteiger partial charge < -0.3 is 20.3 Å².